The van der Waals surface area contributed by atoms with Crippen molar-refractivity contribution in [3.63, 3.8) is 0 Å². The Morgan fingerprint density at radius 2 is 1.89 bits per heavy atom. The predicted octanol–water partition coefficient (Wildman–Crippen LogP) is 6.06. The maximum Gasteiger partial charge on any atom is 0.416 e. The van der Waals surface area contributed by atoms with Crippen LogP contribution in [-0.4, -0.2) is 18.1 Å². The molecule has 0 aliphatic carbocycles. The second-order valence-electron chi connectivity index (χ2n) is 6.49. The van der Waals surface area contributed by atoms with E-state index in [0.717, 1.165) is 29.4 Å². The monoisotopic (exact) mass is 469 g/mol. The predicted molar refractivity (Wildman–Crippen MR) is 111 cm³/mol. The first-order valence-electron chi connectivity index (χ1n) is 8.85. The third kappa shape index (κ3) is 4.63. The van der Waals surface area contributed by atoms with Crippen molar-refractivity contribution in [2.24, 2.45) is 0 Å². The smallest absolute Gasteiger partial charge is 0.382 e. The molecule has 1 atom stereocenters. The Bertz CT molecular complexity index is 911. The van der Waals surface area contributed by atoms with E-state index in [1.807, 2.05) is 24.3 Å². The third-order valence-corrected chi connectivity index (χ3v) is 6.75. The molecule has 0 radical (unpaired) electrons. The number of allylic oxidation sites excluding steroid dienone is 1. The minimum Gasteiger partial charge on any atom is -0.382 e. The fraction of sp³-hybridized carbons (Fsp3) is 0.286. The number of thioether (sulfide) groups is 1. The Kier molecular flexibility index (Phi) is 6.55. The lowest BCUT2D eigenvalue weighted by Gasteiger charge is -2.11. The molecule has 1 N–H and O–H groups in total. The van der Waals surface area contributed by atoms with E-state index in [1.54, 1.807) is 13.1 Å². The van der Waals surface area contributed by atoms with Gasteiger partial charge in [-0.15, -0.1) is 0 Å². The van der Waals surface area contributed by atoms with Gasteiger partial charge in [0, 0.05) is 11.5 Å². The molecule has 2 nitrogen and oxygen atoms in total. The molecule has 0 spiro atoms. The van der Waals surface area contributed by atoms with Crippen LogP contribution in [0.1, 0.15) is 29.5 Å². The van der Waals surface area contributed by atoms with Crippen LogP contribution in [0.5, 0.6) is 0 Å². The molecule has 1 heterocycles. The third-order valence-electron chi connectivity index (χ3n) is 4.60. The van der Waals surface area contributed by atoms with Gasteiger partial charge in [-0.2, -0.15) is 13.2 Å². The molecule has 28 heavy (non-hydrogen) atoms. The molecule has 2 aromatic rings. The fourth-order valence-corrected chi connectivity index (χ4v) is 4.94. The number of hydrogen-bond acceptors (Lipinski definition) is 3. The normalized spacial score (nSPS) is 17.3. The molecule has 0 saturated heterocycles. The number of benzene rings is 2. The van der Waals surface area contributed by atoms with Gasteiger partial charge < -0.3 is 5.32 Å². The van der Waals surface area contributed by atoms with Gasteiger partial charge in [0.2, 0.25) is 0 Å². The van der Waals surface area contributed by atoms with E-state index in [2.05, 4.69) is 21.2 Å². The van der Waals surface area contributed by atoms with Crippen LogP contribution in [0.15, 0.2) is 58.0 Å². The van der Waals surface area contributed by atoms with Crippen LogP contribution in [0.25, 0.3) is 5.57 Å². The number of hydrogen-bond donors (Lipinski definition) is 1. The number of ketones is 1. The molecular weight excluding hydrogens is 451 g/mol. The van der Waals surface area contributed by atoms with Crippen molar-refractivity contribution < 1.29 is 18.0 Å². The van der Waals surface area contributed by atoms with Gasteiger partial charge in [0.1, 0.15) is 0 Å². The number of alkyl halides is 3. The SMILES string of the molecule is CNC1=C(c2cccc(C(F)(F)F)c2)C(=O)C(CCCc2ccccc2Br)S1. The Morgan fingerprint density at radius 3 is 2.57 bits per heavy atom. The number of Topliss-reactive ketones (excluding diaryl/α,β-unsaturated/α-hetero) is 1. The van der Waals surface area contributed by atoms with Crippen LogP contribution in [0.2, 0.25) is 0 Å². The summed E-state index contributed by atoms with van der Waals surface area (Å²) in [6, 6.07) is 12.9. The van der Waals surface area contributed by atoms with E-state index < -0.39 is 11.7 Å². The van der Waals surface area contributed by atoms with Crippen molar-refractivity contribution >= 4 is 39.0 Å². The number of rotatable bonds is 6. The second kappa shape index (κ2) is 8.74. The largest absolute Gasteiger partial charge is 0.416 e. The van der Waals surface area contributed by atoms with Crippen molar-refractivity contribution in [3.8, 4) is 0 Å². The lowest BCUT2D eigenvalue weighted by molar-refractivity contribution is -0.137. The van der Waals surface area contributed by atoms with Crippen LogP contribution in [0.3, 0.4) is 0 Å². The Labute approximate surface area is 174 Å². The zero-order chi connectivity index (χ0) is 20.3. The number of halogens is 4. The highest BCUT2D eigenvalue weighted by molar-refractivity contribution is 9.10. The lowest BCUT2D eigenvalue weighted by Crippen LogP contribution is -2.14. The van der Waals surface area contributed by atoms with Crippen molar-refractivity contribution in [2.75, 3.05) is 7.05 Å². The van der Waals surface area contributed by atoms with Gasteiger partial charge in [-0.25, -0.2) is 0 Å². The molecule has 0 bridgehead atoms. The van der Waals surface area contributed by atoms with E-state index in [0.29, 0.717) is 22.6 Å². The molecule has 1 aliphatic heterocycles. The summed E-state index contributed by atoms with van der Waals surface area (Å²) in [6.07, 6.45) is -2.12. The van der Waals surface area contributed by atoms with E-state index in [9.17, 15) is 18.0 Å². The summed E-state index contributed by atoms with van der Waals surface area (Å²) in [4.78, 5) is 12.9. The van der Waals surface area contributed by atoms with Crippen LogP contribution in [-0.2, 0) is 17.4 Å². The van der Waals surface area contributed by atoms with Gasteiger partial charge in [0.05, 0.1) is 21.4 Å². The standard InChI is InChI=1S/C21H19BrF3NOS/c1-26-20-18(14-8-4-9-15(12-14)21(23,24)25)19(27)17(28-20)11-5-7-13-6-2-3-10-16(13)22/h2-4,6,8-10,12,17,26H,5,7,11H2,1H3. The molecule has 1 aliphatic rings. The van der Waals surface area contributed by atoms with Gasteiger partial charge in [0.25, 0.3) is 0 Å². The maximum atomic E-state index is 13.0. The molecule has 7 heteroatoms. The van der Waals surface area contributed by atoms with Gasteiger partial charge in [-0.1, -0.05) is 58.0 Å². The first-order chi connectivity index (χ1) is 13.3. The first kappa shape index (κ1) is 21.0. The topological polar surface area (TPSA) is 29.1 Å². The highest BCUT2D eigenvalue weighted by Crippen LogP contribution is 2.42. The molecule has 1 unspecified atom stereocenters. The number of aryl methyl sites for hydroxylation is 1. The summed E-state index contributed by atoms with van der Waals surface area (Å²) in [5.41, 5.74) is 1.09. The summed E-state index contributed by atoms with van der Waals surface area (Å²) in [5.74, 6) is -0.110. The first-order valence-corrected chi connectivity index (χ1v) is 10.5. The summed E-state index contributed by atoms with van der Waals surface area (Å²) in [5, 5.41) is 3.33. The zero-order valence-corrected chi connectivity index (χ0v) is 17.5. The van der Waals surface area contributed by atoms with E-state index in [4.69, 9.17) is 0 Å². The summed E-state index contributed by atoms with van der Waals surface area (Å²) < 4.78 is 40.2. The van der Waals surface area contributed by atoms with Crippen molar-refractivity contribution in [3.05, 3.63) is 74.7 Å². The zero-order valence-electron chi connectivity index (χ0n) is 15.1. The second-order valence-corrected chi connectivity index (χ2v) is 8.55. The average Bonchev–Trinajstić information content (AvgIpc) is 2.98. The molecule has 148 valence electrons. The quantitative estimate of drug-likeness (QED) is 0.556. The van der Waals surface area contributed by atoms with E-state index in [-0.39, 0.29) is 11.0 Å². The summed E-state index contributed by atoms with van der Waals surface area (Å²) in [6.45, 7) is 0. The molecular formula is C21H19BrF3NOS. The van der Waals surface area contributed by atoms with E-state index in [1.165, 1.54) is 23.4 Å². The minimum absolute atomic E-state index is 0.110. The number of carbonyl (C=O) groups excluding carboxylic acids is 1. The molecule has 0 amide bonds. The minimum atomic E-state index is -4.44. The summed E-state index contributed by atoms with van der Waals surface area (Å²) >= 11 is 4.92. The average molecular weight is 470 g/mol. The highest BCUT2D eigenvalue weighted by Gasteiger charge is 2.36. The molecule has 2 aromatic carbocycles. The maximum absolute atomic E-state index is 13.0. The molecule has 0 fully saturated rings. The van der Waals surface area contributed by atoms with Crippen molar-refractivity contribution in [1.29, 1.82) is 0 Å². The van der Waals surface area contributed by atoms with Crippen LogP contribution in [0, 0.1) is 0 Å². The van der Waals surface area contributed by atoms with Gasteiger partial charge in [-0.3, -0.25) is 4.79 Å². The van der Waals surface area contributed by atoms with Crippen LogP contribution < -0.4 is 5.32 Å². The number of carbonyl (C=O) groups is 1. The van der Waals surface area contributed by atoms with Gasteiger partial charge in [-0.05, 0) is 48.6 Å². The van der Waals surface area contributed by atoms with Crippen LogP contribution >= 0.6 is 27.7 Å². The lowest BCUT2D eigenvalue weighted by atomic mass is 9.96. The fourth-order valence-electron chi connectivity index (χ4n) is 3.20. The Morgan fingerprint density at radius 1 is 1.14 bits per heavy atom. The highest BCUT2D eigenvalue weighted by atomic mass is 79.9. The molecule has 3 rings (SSSR count). The Balaban J connectivity index is 1.73. The summed E-state index contributed by atoms with van der Waals surface area (Å²) in [7, 11) is 1.69. The molecule has 0 saturated carbocycles. The van der Waals surface area contributed by atoms with Crippen LogP contribution in [0.4, 0.5) is 13.2 Å². The van der Waals surface area contributed by atoms with Crippen molar-refractivity contribution in [1.82, 2.24) is 5.32 Å². The van der Waals surface area contributed by atoms with E-state index >= 15 is 0 Å². The van der Waals surface area contributed by atoms with Gasteiger partial charge >= 0.3 is 6.18 Å². The van der Waals surface area contributed by atoms with Gasteiger partial charge in [0.15, 0.2) is 5.78 Å². The number of nitrogens with one attached hydrogen (secondary N) is 1. The van der Waals surface area contributed by atoms with Crippen molar-refractivity contribution in [2.45, 2.75) is 30.7 Å². The molecule has 0 aromatic heterocycles. The Hall–Kier alpha value is -1.73.